The van der Waals surface area contributed by atoms with E-state index in [4.69, 9.17) is 5.73 Å². The van der Waals surface area contributed by atoms with Gasteiger partial charge in [-0.1, -0.05) is 0 Å². The second-order valence-corrected chi connectivity index (χ2v) is 4.45. The van der Waals surface area contributed by atoms with Crippen LogP contribution in [0.4, 0.5) is 5.69 Å². The third kappa shape index (κ3) is 2.00. The molecular formula is C11H20N4. The lowest BCUT2D eigenvalue weighted by molar-refractivity contribution is 0.414. The molecule has 2 heterocycles. The number of hydrogen-bond acceptors (Lipinski definition) is 3. The summed E-state index contributed by atoms with van der Waals surface area (Å²) in [5.41, 5.74) is 9.28. The van der Waals surface area contributed by atoms with Crippen LogP contribution in [0.3, 0.4) is 0 Å². The Bertz CT molecular complexity index is 304. The minimum atomic E-state index is 0.716. The average molecular weight is 208 g/mol. The Morgan fingerprint density at radius 2 is 2.07 bits per heavy atom. The van der Waals surface area contributed by atoms with E-state index in [0.717, 1.165) is 25.3 Å². The number of nitrogens with two attached hydrogens (primary N) is 1. The fourth-order valence-electron chi connectivity index (χ4n) is 2.40. The van der Waals surface area contributed by atoms with Gasteiger partial charge in [0.05, 0.1) is 17.1 Å². The van der Waals surface area contributed by atoms with E-state index in [0.29, 0.717) is 5.92 Å². The molecule has 0 aromatic carbocycles. The molecule has 3 N–H and O–H groups in total. The van der Waals surface area contributed by atoms with Crippen molar-refractivity contribution in [1.82, 2.24) is 10.2 Å². The highest BCUT2D eigenvalue weighted by molar-refractivity contribution is 5.54. The third-order valence-electron chi connectivity index (χ3n) is 3.35. The summed E-state index contributed by atoms with van der Waals surface area (Å²) in [5.74, 6) is 0.716. The van der Waals surface area contributed by atoms with Crippen LogP contribution in [-0.2, 0) is 0 Å². The average Bonchev–Trinajstić information content (AvgIpc) is 2.59. The van der Waals surface area contributed by atoms with Gasteiger partial charge in [0.15, 0.2) is 0 Å². The van der Waals surface area contributed by atoms with E-state index in [1.54, 1.807) is 0 Å². The molecular weight excluding hydrogens is 188 g/mol. The number of nitrogens with one attached hydrogen (secondary N) is 1. The van der Waals surface area contributed by atoms with Crippen molar-refractivity contribution in [3.63, 3.8) is 0 Å². The summed E-state index contributed by atoms with van der Waals surface area (Å²) < 4.78 is 0. The quantitative estimate of drug-likeness (QED) is 0.768. The zero-order chi connectivity index (χ0) is 10.8. The first-order valence-corrected chi connectivity index (χ1v) is 5.69. The topological polar surface area (TPSA) is 57.9 Å². The maximum atomic E-state index is 5.69. The van der Waals surface area contributed by atoms with Gasteiger partial charge in [-0.25, -0.2) is 0 Å². The Hall–Kier alpha value is -1.03. The van der Waals surface area contributed by atoms with Gasteiger partial charge < -0.3 is 10.6 Å². The van der Waals surface area contributed by atoms with Crippen molar-refractivity contribution in [1.29, 1.82) is 0 Å². The molecule has 4 heteroatoms. The molecule has 2 rings (SSSR count). The fraction of sp³-hybridized carbons (Fsp3) is 0.727. The number of rotatable bonds is 2. The van der Waals surface area contributed by atoms with Gasteiger partial charge in [-0.15, -0.1) is 0 Å². The summed E-state index contributed by atoms with van der Waals surface area (Å²) in [6.45, 7) is 7.21. The van der Waals surface area contributed by atoms with Crippen LogP contribution in [0.15, 0.2) is 0 Å². The molecule has 0 amide bonds. The number of anilines is 1. The summed E-state index contributed by atoms with van der Waals surface area (Å²) >= 11 is 0. The summed E-state index contributed by atoms with van der Waals surface area (Å²) in [6, 6.07) is 0. The first-order chi connectivity index (χ1) is 7.22. The maximum Gasteiger partial charge on any atom is 0.0827 e. The molecule has 4 nitrogen and oxygen atoms in total. The number of aryl methyl sites for hydroxylation is 2. The van der Waals surface area contributed by atoms with Crippen LogP contribution < -0.4 is 10.6 Å². The Labute approximate surface area is 90.8 Å². The van der Waals surface area contributed by atoms with Gasteiger partial charge in [0.25, 0.3) is 0 Å². The molecule has 0 spiro atoms. The van der Waals surface area contributed by atoms with Crippen molar-refractivity contribution in [2.75, 3.05) is 24.5 Å². The van der Waals surface area contributed by atoms with Crippen LogP contribution in [0, 0.1) is 19.8 Å². The van der Waals surface area contributed by atoms with Crippen molar-refractivity contribution >= 4 is 5.69 Å². The Morgan fingerprint density at radius 1 is 1.40 bits per heavy atom. The highest BCUT2D eigenvalue weighted by atomic mass is 15.2. The van der Waals surface area contributed by atoms with Gasteiger partial charge in [0, 0.05) is 13.1 Å². The monoisotopic (exact) mass is 208 g/mol. The molecule has 1 aliphatic rings. The fourth-order valence-corrected chi connectivity index (χ4v) is 2.40. The van der Waals surface area contributed by atoms with Crippen molar-refractivity contribution in [2.45, 2.75) is 26.7 Å². The predicted octanol–water partition coefficient (Wildman–Crippen LogP) is 1.20. The SMILES string of the molecule is Cc1n[nH]c(C)c1N1CCC(CN)CC1. The molecule has 84 valence electrons. The van der Waals surface area contributed by atoms with E-state index in [2.05, 4.69) is 28.9 Å². The van der Waals surface area contributed by atoms with Gasteiger partial charge in [-0.3, -0.25) is 5.10 Å². The molecule has 0 unspecified atom stereocenters. The normalized spacial score (nSPS) is 18.5. The lowest BCUT2D eigenvalue weighted by Crippen LogP contribution is -2.36. The highest BCUT2D eigenvalue weighted by Gasteiger charge is 2.21. The molecule has 0 saturated carbocycles. The molecule has 1 fully saturated rings. The second-order valence-electron chi connectivity index (χ2n) is 4.45. The first kappa shape index (κ1) is 10.5. The summed E-state index contributed by atoms with van der Waals surface area (Å²) in [7, 11) is 0. The number of aromatic nitrogens is 2. The molecule has 0 atom stereocenters. The van der Waals surface area contributed by atoms with Crippen molar-refractivity contribution in [3.8, 4) is 0 Å². The largest absolute Gasteiger partial charge is 0.369 e. The minimum absolute atomic E-state index is 0.716. The number of aromatic amines is 1. The van der Waals surface area contributed by atoms with E-state index in [-0.39, 0.29) is 0 Å². The molecule has 1 aliphatic heterocycles. The molecule has 0 aliphatic carbocycles. The van der Waals surface area contributed by atoms with Crippen molar-refractivity contribution in [3.05, 3.63) is 11.4 Å². The van der Waals surface area contributed by atoms with Crippen LogP contribution in [-0.4, -0.2) is 29.8 Å². The number of hydrogen-bond donors (Lipinski definition) is 2. The summed E-state index contributed by atoms with van der Waals surface area (Å²) in [5, 5.41) is 7.28. The van der Waals surface area contributed by atoms with E-state index in [9.17, 15) is 0 Å². The number of piperidine rings is 1. The molecule has 1 aromatic rings. The molecule has 0 radical (unpaired) electrons. The highest BCUT2D eigenvalue weighted by Crippen LogP contribution is 2.26. The van der Waals surface area contributed by atoms with Gasteiger partial charge in [0.2, 0.25) is 0 Å². The lowest BCUT2D eigenvalue weighted by Gasteiger charge is -2.33. The Balaban J connectivity index is 2.07. The van der Waals surface area contributed by atoms with E-state index in [1.165, 1.54) is 24.2 Å². The third-order valence-corrected chi connectivity index (χ3v) is 3.35. The van der Waals surface area contributed by atoms with E-state index < -0.39 is 0 Å². The van der Waals surface area contributed by atoms with Gasteiger partial charge >= 0.3 is 0 Å². The Kier molecular flexibility index (Phi) is 2.95. The summed E-state index contributed by atoms with van der Waals surface area (Å²) in [4.78, 5) is 2.43. The zero-order valence-corrected chi connectivity index (χ0v) is 9.58. The zero-order valence-electron chi connectivity index (χ0n) is 9.58. The van der Waals surface area contributed by atoms with Crippen LogP contribution in [0.2, 0.25) is 0 Å². The van der Waals surface area contributed by atoms with Crippen molar-refractivity contribution in [2.24, 2.45) is 11.7 Å². The predicted molar refractivity (Wildman–Crippen MR) is 62.1 cm³/mol. The van der Waals surface area contributed by atoms with E-state index in [1.807, 2.05) is 0 Å². The first-order valence-electron chi connectivity index (χ1n) is 5.69. The molecule has 1 aromatic heterocycles. The van der Waals surface area contributed by atoms with Crippen LogP contribution in [0.5, 0.6) is 0 Å². The molecule has 0 bridgehead atoms. The standard InChI is InChI=1S/C11H20N4/c1-8-11(9(2)14-13-8)15-5-3-10(7-12)4-6-15/h10H,3-7,12H2,1-2H3,(H,13,14). The maximum absolute atomic E-state index is 5.69. The van der Waals surface area contributed by atoms with E-state index >= 15 is 0 Å². The number of H-pyrrole nitrogens is 1. The van der Waals surface area contributed by atoms with Crippen LogP contribution in [0.25, 0.3) is 0 Å². The van der Waals surface area contributed by atoms with Crippen LogP contribution >= 0.6 is 0 Å². The van der Waals surface area contributed by atoms with Crippen LogP contribution in [0.1, 0.15) is 24.2 Å². The Morgan fingerprint density at radius 3 is 2.53 bits per heavy atom. The molecule has 15 heavy (non-hydrogen) atoms. The van der Waals surface area contributed by atoms with Gasteiger partial charge in [0.1, 0.15) is 0 Å². The lowest BCUT2D eigenvalue weighted by atomic mass is 9.96. The smallest absolute Gasteiger partial charge is 0.0827 e. The number of nitrogens with zero attached hydrogens (tertiary/aromatic N) is 2. The second kappa shape index (κ2) is 4.23. The summed E-state index contributed by atoms with van der Waals surface area (Å²) in [6.07, 6.45) is 2.42. The van der Waals surface area contributed by atoms with Gasteiger partial charge in [-0.2, -0.15) is 5.10 Å². The minimum Gasteiger partial charge on any atom is -0.369 e. The van der Waals surface area contributed by atoms with Gasteiger partial charge in [-0.05, 0) is 39.2 Å². The molecule has 1 saturated heterocycles. The van der Waals surface area contributed by atoms with Crippen molar-refractivity contribution < 1.29 is 0 Å².